The first-order chi connectivity index (χ1) is 17.8. The molecular formula is C29H27ClN2O4S. The SMILES string of the molecule is Cc1ccc(NS(=O)(=O)c2ccc(OCC(=O)N(Cc3ccccc3)Cc3ccccc3)c(Cl)c2)cc1. The lowest BCUT2D eigenvalue weighted by Gasteiger charge is -2.23. The van der Waals surface area contributed by atoms with E-state index in [1.807, 2.05) is 79.7 Å². The fourth-order valence-corrected chi connectivity index (χ4v) is 5.06. The molecule has 4 rings (SSSR count). The van der Waals surface area contributed by atoms with Crippen LogP contribution in [0.3, 0.4) is 0 Å². The molecule has 4 aromatic carbocycles. The summed E-state index contributed by atoms with van der Waals surface area (Å²) in [5.41, 5.74) is 3.47. The van der Waals surface area contributed by atoms with Crippen molar-refractivity contribution in [3.05, 3.63) is 125 Å². The summed E-state index contributed by atoms with van der Waals surface area (Å²) < 4.78 is 33.8. The Morgan fingerprint density at radius 1 is 0.838 bits per heavy atom. The number of halogens is 1. The van der Waals surface area contributed by atoms with Gasteiger partial charge in [-0.3, -0.25) is 9.52 Å². The minimum Gasteiger partial charge on any atom is -0.482 e. The summed E-state index contributed by atoms with van der Waals surface area (Å²) in [5.74, 6) is 0.00480. The number of carbonyl (C=O) groups is 1. The maximum Gasteiger partial charge on any atom is 0.261 e. The van der Waals surface area contributed by atoms with Gasteiger partial charge in [0.05, 0.1) is 9.92 Å². The van der Waals surface area contributed by atoms with Gasteiger partial charge in [-0.1, -0.05) is 90.0 Å². The zero-order valence-corrected chi connectivity index (χ0v) is 21.9. The van der Waals surface area contributed by atoms with E-state index in [1.54, 1.807) is 17.0 Å². The summed E-state index contributed by atoms with van der Waals surface area (Å²) in [6, 6.07) is 30.6. The molecule has 0 radical (unpaired) electrons. The number of ether oxygens (including phenoxy) is 1. The summed E-state index contributed by atoms with van der Waals surface area (Å²) in [6.45, 7) is 2.53. The summed E-state index contributed by atoms with van der Waals surface area (Å²) in [7, 11) is -3.84. The van der Waals surface area contributed by atoms with E-state index in [9.17, 15) is 13.2 Å². The lowest BCUT2D eigenvalue weighted by atomic mass is 10.1. The quantitative estimate of drug-likeness (QED) is 0.268. The van der Waals surface area contributed by atoms with E-state index in [1.165, 1.54) is 18.2 Å². The van der Waals surface area contributed by atoms with Crippen LogP contribution in [0.2, 0.25) is 5.02 Å². The van der Waals surface area contributed by atoms with Gasteiger partial charge in [-0.15, -0.1) is 0 Å². The topological polar surface area (TPSA) is 75.7 Å². The summed E-state index contributed by atoms with van der Waals surface area (Å²) in [5, 5.41) is 0.0947. The Morgan fingerprint density at radius 2 is 1.41 bits per heavy atom. The van der Waals surface area contributed by atoms with Crippen molar-refractivity contribution in [3.8, 4) is 5.75 Å². The Bertz CT molecular complexity index is 1400. The van der Waals surface area contributed by atoms with E-state index < -0.39 is 10.0 Å². The number of hydrogen-bond donors (Lipinski definition) is 1. The predicted molar refractivity (Wildman–Crippen MR) is 146 cm³/mol. The molecular weight excluding hydrogens is 508 g/mol. The van der Waals surface area contributed by atoms with Gasteiger partial charge in [0, 0.05) is 18.8 Å². The van der Waals surface area contributed by atoms with Crippen molar-refractivity contribution in [2.24, 2.45) is 0 Å². The fraction of sp³-hybridized carbons (Fsp3) is 0.138. The van der Waals surface area contributed by atoms with Gasteiger partial charge in [-0.25, -0.2) is 8.42 Å². The van der Waals surface area contributed by atoms with Crippen molar-refractivity contribution in [1.82, 2.24) is 4.90 Å². The summed E-state index contributed by atoms with van der Waals surface area (Å²) in [4.78, 5) is 14.8. The number of carbonyl (C=O) groups excluding carboxylic acids is 1. The Morgan fingerprint density at radius 3 is 1.95 bits per heavy atom. The highest BCUT2D eigenvalue weighted by Crippen LogP contribution is 2.28. The molecule has 0 aliphatic carbocycles. The van der Waals surface area contributed by atoms with Crippen LogP contribution in [0.15, 0.2) is 108 Å². The second kappa shape index (κ2) is 12.0. The van der Waals surface area contributed by atoms with Crippen LogP contribution in [0.25, 0.3) is 0 Å². The van der Waals surface area contributed by atoms with E-state index in [0.29, 0.717) is 18.8 Å². The lowest BCUT2D eigenvalue weighted by Crippen LogP contribution is -2.34. The Kier molecular flexibility index (Phi) is 8.48. The Hall–Kier alpha value is -3.81. The Labute approximate surface area is 222 Å². The van der Waals surface area contributed by atoms with Gasteiger partial charge >= 0.3 is 0 Å². The first kappa shape index (κ1) is 26.3. The van der Waals surface area contributed by atoms with Crippen LogP contribution in [0.5, 0.6) is 5.75 Å². The van der Waals surface area contributed by atoms with Gasteiger partial charge in [-0.2, -0.15) is 0 Å². The van der Waals surface area contributed by atoms with Crippen molar-refractivity contribution in [3.63, 3.8) is 0 Å². The minimum absolute atomic E-state index is 0.00784. The van der Waals surface area contributed by atoms with Gasteiger partial charge in [0.25, 0.3) is 15.9 Å². The highest BCUT2D eigenvalue weighted by Gasteiger charge is 2.19. The van der Waals surface area contributed by atoms with Crippen LogP contribution < -0.4 is 9.46 Å². The zero-order chi connectivity index (χ0) is 26.3. The van der Waals surface area contributed by atoms with Crippen LogP contribution in [-0.4, -0.2) is 25.8 Å². The fourth-order valence-electron chi connectivity index (χ4n) is 3.67. The molecule has 0 heterocycles. The molecule has 0 atom stereocenters. The first-order valence-electron chi connectivity index (χ1n) is 11.7. The third-order valence-corrected chi connectivity index (χ3v) is 7.33. The largest absolute Gasteiger partial charge is 0.482 e. The molecule has 1 amide bonds. The van der Waals surface area contributed by atoms with Crippen molar-refractivity contribution in [2.75, 3.05) is 11.3 Å². The number of hydrogen-bond acceptors (Lipinski definition) is 4. The number of aryl methyl sites for hydroxylation is 1. The lowest BCUT2D eigenvalue weighted by molar-refractivity contribution is -0.134. The molecule has 0 aromatic heterocycles. The van der Waals surface area contributed by atoms with E-state index >= 15 is 0 Å². The first-order valence-corrected chi connectivity index (χ1v) is 13.5. The minimum atomic E-state index is -3.84. The van der Waals surface area contributed by atoms with Crippen LogP contribution in [-0.2, 0) is 27.9 Å². The molecule has 190 valence electrons. The monoisotopic (exact) mass is 534 g/mol. The third-order valence-electron chi connectivity index (χ3n) is 5.65. The second-order valence-electron chi connectivity index (χ2n) is 8.57. The van der Waals surface area contributed by atoms with E-state index in [4.69, 9.17) is 16.3 Å². The molecule has 0 bridgehead atoms. The van der Waals surface area contributed by atoms with Gasteiger partial charge in [0.15, 0.2) is 6.61 Å². The van der Waals surface area contributed by atoms with E-state index in [2.05, 4.69) is 4.72 Å². The van der Waals surface area contributed by atoms with Crippen molar-refractivity contribution in [1.29, 1.82) is 0 Å². The standard InChI is InChI=1S/C29H27ClN2O4S/c1-22-12-14-25(15-13-22)31-37(34,35)26-16-17-28(27(30)18-26)36-21-29(33)32(19-23-8-4-2-5-9-23)20-24-10-6-3-7-11-24/h2-18,31H,19-21H2,1H3. The van der Waals surface area contributed by atoms with Gasteiger partial charge in [0.1, 0.15) is 5.75 Å². The Balaban J connectivity index is 1.44. The molecule has 8 heteroatoms. The van der Waals surface area contributed by atoms with Crippen LogP contribution in [0.4, 0.5) is 5.69 Å². The van der Waals surface area contributed by atoms with Crippen LogP contribution in [0.1, 0.15) is 16.7 Å². The number of benzene rings is 4. The molecule has 0 unspecified atom stereocenters. The van der Waals surface area contributed by atoms with Crippen LogP contribution in [0, 0.1) is 6.92 Å². The molecule has 37 heavy (non-hydrogen) atoms. The number of nitrogens with zero attached hydrogens (tertiary/aromatic N) is 1. The molecule has 4 aromatic rings. The molecule has 0 aliphatic heterocycles. The normalized spacial score (nSPS) is 11.1. The average Bonchev–Trinajstić information content (AvgIpc) is 2.90. The third kappa shape index (κ3) is 7.35. The number of anilines is 1. The van der Waals surface area contributed by atoms with Crippen molar-refractivity contribution >= 4 is 33.2 Å². The van der Waals surface area contributed by atoms with Crippen molar-refractivity contribution in [2.45, 2.75) is 24.9 Å². The van der Waals surface area contributed by atoms with Crippen LogP contribution >= 0.6 is 11.6 Å². The number of sulfonamides is 1. The molecule has 0 saturated heterocycles. The molecule has 1 N–H and O–H groups in total. The number of nitrogens with one attached hydrogen (secondary N) is 1. The van der Waals surface area contributed by atoms with E-state index in [0.717, 1.165) is 16.7 Å². The molecule has 0 spiro atoms. The zero-order valence-electron chi connectivity index (χ0n) is 20.3. The molecule has 0 aliphatic rings. The predicted octanol–water partition coefficient (Wildman–Crippen LogP) is 6.06. The van der Waals surface area contributed by atoms with Gasteiger partial charge in [0.2, 0.25) is 0 Å². The van der Waals surface area contributed by atoms with Gasteiger partial charge < -0.3 is 9.64 Å². The maximum atomic E-state index is 13.1. The number of amides is 1. The second-order valence-corrected chi connectivity index (χ2v) is 10.7. The summed E-state index contributed by atoms with van der Waals surface area (Å²) >= 11 is 6.34. The smallest absolute Gasteiger partial charge is 0.261 e. The molecule has 0 saturated carbocycles. The average molecular weight is 535 g/mol. The summed E-state index contributed by atoms with van der Waals surface area (Å²) in [6.07, 6.45) is 0. The van der Waals surface area contributed by atoms with E-state index in [-0.39, 0.29) is 28.2 Å². The van der Waals surface area contributed by atoms with Gasteiger partial charge in [-0.05, 0) is 48.4 Å². The molecule has 6 nitrogen and oxygen atoms in total. The maximum absolute atomic E-state index is 13.1. The van der Waals surface area contributed by atoms with Crippen molar-refractivity contribution < 1.29 is 17.9 Å². The highest BCUT2D eigenvalue weighted by atomic mass is 35.5. The highest BCUT2D eigenvalue weighted by molar-refractivity contribution is 7.92. The molecule has 0 fully saturated rings. The number of rotatable bonds is 10.